The lowest BCUT2D eigenvalue weighted by Gasteiger charge is -2.34. The zero-order valence-electron chi connectivity index (χ0n) is 14.6. The van der Waals surface area contributed by atoms with E-state index in [9.17, 15) is 4.79 Å². The van der Waals surface area contributed by atoms with Crippen LogP contribution in [0.25, 0.3) is 0 Å². The number of carbonyl (C=O) groups excluding carboxylic acids is 1. The summed E-state index contributed by atoms with van der Waals surface area (Å²) in [5.41, 5.74) is 4.37. The summed E-state index contributed by atoms with van der Waals surface area (Å²) in [5.74, 6) is 0.779. The number of fused-ring (bicyclic) bond motifs is 1. The highest BCUT2D eigenvalue weighted by Crippen LogP contribution is 2.37. The van der Waals surface area contributed by atoms with Crippen LogP contribution >= 0.6 is 0 Å². The van der Waals surface area contributed by atoms with Gasteiger partial charge < -0.3 is 10.6 Å². The Labute approximate surface area is 139 Å². The topological polar surface area (TPSA) is 44.4 Å². The summed E-state index contributed by atoms with van der Waals surface area (Å²) < 4.78 is 0. The van der Waals surface area contributed by atoms with Crippen molar-refractivity contribution < 1.29 is 4.79 Å². The van der Waals surface area contributed by atoms with E-state index in [0.717, 1.165) is 25.9 Å². The number of likely N-dealkylation sites (N-methyl/N-ethyl adjacent to an activating group) is 1. The van der Waals surface area contributed by atoms with Crippen molar-refractivity contribution in [3.05, 3.63) is 34.9 Å². The van der Waals surface area contributed by atoms with Crippen molar-refractivity contribution in [2.45, 2.75) is 45.2 Å². The normalized spacial score (nSPS) is 25.3. The summed E-state index contributed by atoms with van der Waals surface area (Å²) >= 11 is 0. The second kappa shape index (κ2) is 7.02. The minimum absolute atomic E-state index is 0.116. The maximum Gasteiger partial charge on any atom is 0.233 e. The molecule has 1 aromatic rings. The first-order valence-electron chi connectivity index (χ1n) is 8.85. The van der Waals surface area contributed by atoms with Crippen molar-refractivity contribution in [2.24, 2.45) is 5.92 Å². The van der Waals surface area contributed by atoms with Crippen LogP contribution in [-0.2, 0) is 11.2 Å². The molecule has 4 heteroatoms. The van der Waals surface area contributed by atoms with Gasteiger partial charge in [-0.3, -0.25) is 9.69 Å². The molecular weight excluding hydrogens is 286 g/mol. The molecule has 0 bridgehead atoms. The number of nitrogens with zero attached hydrogens (tertiary/aromatic N) is 1. The quantitative estimate of drug-likeness (QED) is 0.893. The van der Waals surface area contributed by atoms with Gasteiger partial charge in [-0.05, 0) is 43.2 Å². The second-order valence-corrected chi connectivity index (χ2v) is 7.25. The van der Waals surface area contributed by atoms with E-state index in [2.05, 4.69) is 47.6 Å². The molecule has 126 valence electrons. The number of amides is 1. The number of carbonyl (C=O) groups is 1. The van der Waals surface area contributed by atoms with E-state index >= 15 is 0 Å². The Morgan fingerprint density at radius 1 is 1.30 bits per heavy atom. The fourth-order valence-corrected chi connectivity index (χ4v) is 4.01. The highest BCUT2D eigenvalue weighted by molar-refractivity contribution is 5.77. The van der Waals surface area contributed by atoms with Gasteiger partial charge in [0.05, 0.1) is 6.54 Å². The summed E-state index contributed by atoms with van der Waals surface area (Å²) in [4.78, 5) is 13.7. The molecule has 1 aliphatic heterocycles. The predicted molar refractivity (Wildman–Crippen MR) is 93.5 cm³/mol. The molecule has 1 amide bonds. The predicted octanol–water partition coefficient (Wildman–Crippen LogP) is 2.03. The first-order chi connectivity index (χ1) is 11.1. The lowest BCUT2D eigenvalue weighted by atomic mass is 9.97. The van der Waals surface area contributed by atoms with Crippen molar-refractivity contribution in [3.63, 3.8) is 0 Å². The van der Waals surface area contributed by atoms with Gasteiger partial charge in [-0.1, -0.05) is 30.7 Å². The van der Waals surface area contributed by atoms with Gasteiger partial charge in [-0.25, -0.2) is 0 Å². The molecule has 1 saturated heterocycles. The summed E-state index contributed by atoms with van der Waals surface area (Å²) in [6.45, 7) is 7.08. The van der Waals surface area contributed by atoms with Crippen LogP contribution in [0.1, 0.15) is 42.5 Å². The highest BCUT2D eigenvalue weighted by atomic mass is 16.1. The SMILES string of the molecule is CNC(=O)CN1CCC(N[C@H]2c3cc(C)ccc3C[C@@H]2C)CC1. The smallest absolute Gasteiger partial charge is 0.233 e. The Bertz CT molecular complexity index is 564. The Hall–Kier alpha value is -1.39. The summed E-state index contributed by atoms with van der Waals surface area (Å²) in [6.07, 6.45) is 3.44. The molecule has 23 heavy (non-hydrogen) atoms. The lowest BCUT2D eigenvalue weighted by molar-refractivity contribution is -0.122. The van der Waals surface area contributed by atoms with Crippen LogP contribution in [0.5, 0.6) is 0 Å². The molecule has 1 aliphatic carbocycles. The van der Waals surface area contributed by atoms with Gasteiger partial charge in [0.2, 0.25) is 5.91 Å². The molecule has 0 unspecified atom stereocenters. The molecule has 1 heterocycles. The number of hydrogen-bond acceptors (Lipinski definition) is 3. The monoisotopic (exact) mass is 315 g/mol. The van der Waals surface area contributed by atoms with E-state index < -0.39 is 0 Å². The number of benzene rings is 1. The van der Waals surface area contributed by atoms with Crippen molar-refractivity contribution >= 4 is 5.91 Å². The Morgan fingerprint density at radius 3 is 2.74 bits per heavy atom. The molecule has 2 aliphatic rings. The number of nitrogens with one attached hydrogen (secondary N) is 2. The molecule has 2 N–H and O–H groups in total. The minimum atomic E-state index is 0.116. The van der Waals surface area contributed by atoms with E-state index in [4.69, 9.17) is 0 Å². The average molecular weight is 315 g/mol. The molecule has 4 nitrogen and oxygen atoms in total. The maximum absolute atomic E-state index is 11.5. The zero-order valence-corrected chi connectivity index (χ0v) is 14.6. The second-order valence-electron chi connectivity index (χ2n) is 7.25. The first kappa shape index (κ1) is 16.5. The molecule has 3 rings (SSSR count). The van der Waals surface area contributed by atoms with Gasteiger partial charge in [0.1, 0.15) is 0 Å². The third-order valence-electron chi connectivity index (χ3n) is 5.40. The lowest BCUT2D eigenvalue weighted by Crippen LogP contribution is -2.46. The van der Waals surface area contributed by atoms with Gasteiger partial charge >= 0.3 is 0 Å². The van der Waals surface area contributed by atoms with Crippen LogP contribution in [0, 0.1) is 12.8 Å². The van der Waals surface area contributed by atoms with Crippen molar-refractivity contribution in [3.8, 4) is 0 Å². The zero-order chi connectivity index (χ0) is 16.4. The van der Waals surface area contributed by atoms with Crippen LogP contribution in [0.15, 0.2) is 18.2 Å². The van der Waals surface area contributed by atoms with Gasteiger partial charge in [-0.2, -0.15) is 0 Å². The van der Waals surface area contributed by atoms with Crippen molar-refractivity contribution in [1.82, 2.24) is 15.5 Å². The standard InChI is InChI=1S/C19H29N3O/c1-13-4-5-15-11-14(2)19(17(15)10-13)21-16-6-8-22(9-7-16)12-18(23)20-3/h4-5,10,14,16,19,21H,6-9,11-12H2,1-3H3,(H,20,23)/t14-,19+/m0/s1. The number of hydrogen-bond donors (Lipinski definition) is 2. The van der Waals surface area contributed by atoms with Crippen LogP contribution < -0.4 is 10.6 Å². The van der Waals surface area contributed by atoms with Crippen molar-refractivity contribution in [2.75, 3.05) is 26.7 Å². The summed E-state index contributed by atoms with van der Waals surface area (Å²) in [6, 6.07) is 7.94. The van der Waals surface area contributed by atoms with E-state index in [0.29, 0.717) is 24.5 Å². The maximum atomic E-state index is 11.5. The van der Waals surface area contributed by atoms with Gasteiger partial charge in [0, 0.05) is 32.2 Å². The van der Waals surface area contributed by atoms with Gasteiger partial charge in [0.15, 0.2) is 0 Å². The molecule has 0 saturated carbocycles. The minimum Gasteiger partial charge on any atom is -0.358 e. The van der Waals surface area contributed by atoms with E-state index in [1.165, 1.54) is 23.1 Å². The van der Waals surface area contributed by atoms with Crippen LogP contribution in [0.4, 0.5) is 0 Å². The molecule has 0 aromatic heterocycles. The van der Waals surface area contributed by atoms with Crippen LogP contribution in [0.2, 0.25) is 0 Å². The summed E-state index contributed by atoms with van der Waals surface area (Å²) in [7, 11) is 1.71. The number of piperidine rings is 1. The Morgan fingerprint density at radius 2 is 2.04 bits per heavy atom. The Kier molecular flexibility index (Phi) is 5.02. The molecule has 1 aromatic carbocycles. The largest absolute Gasteiger partial charge is 0.358 e. The fraction of sp³-hybridized carbons (Fsp3) is 0.632. The number of likely N-dealkylation sites (tertiary alicyclic amines) is 1. The van der Waals surface area contributed by atoms with Gasteiger partial charge in [-0.15, -0.1) is 0 Å². The average Bonchev–Trinajstić information content (AvgIpc) is 2.84. The highest BCUT2D eigenvalue weighted by Gasteiger charge is 2.32. The third kappa shape index (κ3) is 3.75. The van der Waals surface area contributed by atoms with E-state index in [-0.39, 0.29) is 5.91 Å². The molecular formula is C19H29N3O. The Balaban J connectivity index is 1.57. The van der Waals surface area contributed by atoms with Gasteiger partial charge in [0.25, 0.3) is 0 Å². The van der Waals surface area contributed by atoms with Crippen LogP contribution in [0.3, 0.4) is 0 Å². The van der Waals surface area contributed by atoms with E-state index in [1.807, 2.05) is 0 Å². The summed E-state index contributed by atoms with van der Waals surface area (Å²) in [5, 5.41) is 6.62. The molecule has 0 spiro atoms. The molecule has 2 atom stereocenters. The number of aryl methyl sites for hydroxylation is 1. The van der Waals surface area contributed by atoms with E-state index in [1.54, 1.807) is 7.05 Å². The molecule has 1 fully saturated rings. The molecule has 0 radical (unpaired) electrons. The van der Waals surface area contributed by atoms with Crippen LogP contribution in [-0.4, -0.2) is 43.5 Å². The number of rotatable bonds is 4. The first-order valence-corrected chi connectivity index (χ1v) is 8.85. The third-order valence-corrected chi connectivity index (χ3v) is 5.40. The fourth-order valence-electron chi connectivity index (χ4n) is 4.01. The van der Waals surface area contributed by atoms with Crippen molar-refractivity contribution in [1.29, 1.82) is 0 Å².